The van der Waals surface area contributed by atoms with Crippen molar-refractivity contribution in [3.63, 3.8) is 0 Å². The molecule has 0 spiro atoms. The van der Waals surface area contributed by atoms with Crippen LogP contribution in [0.1, 0.15) is 58.3 Å². The Morgan fingerprint density at radius 3 is 2.00 bits per heavy atom. The monoisotopic (exact) mass is 335 g/mol. The Labute approximate surface area is 138 Å². The fraction of sp³-hybridized carbons (Fsp3) is 0.938. The molecular formula is C16H33NO6. The van der Waals surface area contributed by atoms with Crippen molar-refractivity contribution in [1.82, 2.24) is 0 Å². The second-order valence-electron chi connectivity index (χ2n) is 5.85. The van der Waals surface area contributed by atoms with Crippen LogP contribution in [0.5, 0.6) is 0 Å². The average molecular weight is 335 g/mol. The summed E-state index contributed by atoms with van der Waals surface area (Å²) >= 11 is 0. The molecule has 0 aromatic carbocycles. The maximum atomic E-state index is 9.68. The Balaban J connectivity index is 3.60. The summed E-state index contributed by atoms with van der Waals surface area (Å²) in [4.78, 5) is 0. The summed E-state index contributed by atoms with van der Waals surface area (Å²) in [5, 5.41) is 49.0. The Hall–Kier alpha value is -0.730. The van der Waals surface area contributed by atoms with Crippen LogP contribution in [-0.2, 0) is 4.74 Å². The summed E-state index contributed by atoms with van der Waals surface area (Å²) in [5.74, 6) is 0. The third-order valence-electron chi connectivity index (χ3n) is 3.74. The molecule has 23 heavy (non-hydrogen) atoms. The van der Waals surface area contributed by atoms with E-state index in [2.05, 4.69) is 12.1 Å². The highest BCUT2D eigenvalue weighted by atomic mass is 16.5. The SMILES string of the molecule is CCCCCCCCCCOC[C@@H](O)[C@H](O)[C@H](O)[C@@H](O)/C=N/O. The number of rotatable bonds is 15. The zero-order valence-corrected chi connectivity index (χ0v) is 14.0. The lowest BCUT2D eigenvalue weighted by Gasteiger charge is -2.24. The normalized spacial score (nSPS) is 17.3. The third kappa shape index (κ3) is 11.4. The van der Waals surface area contributed by atoms with Crippen LogP contribution in [0.3, 0.4) is 0 Å². The van der Waals surface area contributed by atoms with Crippen LogP contribution in [0, 0.1) is 0 Å². The molecule has 0 rings (SSSR count). The first-order valence-corrected chi connectivity index (χ1v) is 8.52. The van der Waals surface area contributed by atoms with Gasteiger partial charge in [-0.05, 0) is 6.42 Å². The summed E-state index contributed by atoms with van der Waals surface area (Å²) in [7, 11) is 0. The summed E-state index contributed by atoms with van der Waals surface area (Å²) < 4.78 is 5.27. The number of aliphatic hydroxyl groups excluding tert-OH is 4. The number of oxime groups is 1. The Morgan fingerprint density at radius 1 is 0.870 bits per heavy atom. The van der Waals surface area contributed by atoms with Crippen molar-refractivity contribution in [2.24, 2.45) is 5.16 Å². The van der Waals surface area contributed by atoms with Gasteiger partial charge in [0, 0.05) is 6.61 Å². The summed E-state index contributed by atoms with van der Waals surface area (Å²) in [5.41, 5.74) is 0. The average Bonchev–Trinajstić information content (AvgIpc) is 2.55. The van der Waals surface area contributed by atoms with E-state index in [1.54, 1.807) is 0 Å². The van der Waals surface area contributed by atoms with Crippen LogP contribution < -0.4 is 0 Å². The second kappa shape index (κ2) is 14.8. The van der Waals surface area contributed by atoms with E-state index in [1.807, 2.05) is 0 Å². The predicted molar refractivity (Wildman–Crippen MR) is 87.7 cm³/mol. The molecule has 0 aromatic heterocycles. The van der Waals surface area contributed by atoms with Crippen molar-refractivity contribution in [2.45, 2.75) is 82.7 Å². The standard InChI is InChI=1S/C16H33NO6/c1-2-3-4-5-6-7-8-9-10-23-12-14(19)16(21)15(20)13(18)11-17-22/h11,13-16,18-22H,2-10,12H2,1H3/b17-11+/t13-,14+,15+,16-/m0/s1. The molecule has 7 nitrogen and oxygen atoms in total. The summed E-state index contributed by atoms with van der Waals surface area (Å²) in [6, 6.07) is 0. The number of nitrogens with zero attached hydrogens (tertiary/aromatic N) is 1. The van der Waals surface area contributed by atoms with Crippen LogP contribution >= 0.6 is 0 Å². The first kappa shape index (κ1) is 22.3. The molecule has 0 bridgehead atoms. The van der Waals surface area contributed by atoms with E-state index < -0.39 is 24.4 Å². The lowest BCUT2D eigenvalue weighted by atomic mass is 10.0. The molecule has 0 aromatic rings. The number of unbranched alkanes of at least 4 members (excludes halogenated alkanes) is 7. The molecule has 7 heteroatoms. The summed E-state index contributed by atoms with van der Waals surface area (Å²) in [6.45, 7) is 2.55. The molecule has 0 saturated carbocycles. The number of hydrogen-bond donors (Lipinski definition) is 5. The molecule has 0 aliphatic rings. The highest BCUT2D eigenvalue weighted by Gasteiger charge is 2.29. The zero-order valence-electron chi connectivity index (χ0n) is 14.0. The Bertz CT molecular complexity index is 290. The van der Waals surface area contributed by atoms with Gasteiger partial charge in [0.05, 0.1) is 12.8 Å². The minimum atomic E-state index is -1.65. The van der Waals surface area contributed by atoms with Crippen LogP contribution in [0.2, 0.25) is 0 Å². The fourth-order valence-corrected chi connectivity index (χ4v) is 2.23. The van der Waals surface area contributed by atoms with Crippen molar-refractivity contribution < 1.29 is 30.4 Å². The van der Waals surface area contributed by atoms with Crippen molar-refractivity contribution >= 4 is 6.21 Å². The van der Waals surface area contributed by atoms with E-state index in [0.29, 0.717) is 12.8 Å². The van der Waals surface area contributed by atoms with Gasteiger partial charge >= 0.3 is 0 Å². The van der Waals surface area contributed by atoms with E-state index in [-0.39, 0.29) is 6.61 Å². The molecule has 0 aliphatic carbocycles. The molecule has 0 fully saturated rings. The van der Waals surface area contributed by atoms with E-state index in [4.69, 9.17) is 9.94 Å². The molecule has 0 radical (unpaired) electrons. The molecule has 0 amide bonds. The van der Waals surface area contributed by atoms with Gasteiger partial charge in [0.1, 0.15) is 24.4 Å². The highest BCUT2D eigenvalue weighted by molar-refractivity contribution is 5.62. The van der Waals surface area contributed by atoms with Crippen molar-refractivity contribution in [3.05, 3.63) is 0 Å². The fourth-order valence-electron chi connectivity index (χ4n) is 2.23. The highest BCUT2D eigenvalue weighted by Crippen LogP contribution is 2.09. The lowest BCUT2D eigenvalue weighted by Crippen LogP contribution is -2.46. The van der Waals surface area contributed by atoms with Gasteiger partial charge in [0.25, 0.3) is 0 Å². The maximum absolute atomic E-state index is 9.68. The van der Waals surface area contributed by atoms with Gasteiger partial charge in [-0.1, -0.05) is 57.0 Å². The number of aliphatic hydroxyl groups is 4. The maximum Gasteiger partial charge on any atom is 0.121 e. The van der Waals surface area contributed by atoms with E-state index in [1.165, 1.54) is 38.5 Å². The van der Waals surface area contributed by atoms with E-state index >= 15 is 0 Å². The quantitative estimate of drug-likeness (QED) is 0.132. The topological polar surface area (TPSA) is 123 Å². The Morgan fingerprint density at radius 2 is 1.43 bits per heavy atom. The first-order chi connectivity index (χ1) is 11.0. The van der Waals surface area contributed by atoms with Gasteiger partial charge in [-0.15, -0.1) is 0 Å². The number of ether oxygens (including phenoxy) is 1. The molecule has 138 valence electrons. The van der Waals surface area contributed by atoms with Gasteiger partial charge in [-0.25, -0.2) is 0 Å². The van der Waals surface area contributed by atoms with Gasteiger partial charge in [0.2, 0.25) is 0 Å². The van der Waals surface area contributed by atoms with Crippen LogP contribution in [-0.4, -0.2) is 69.5 Å². The molecule has 0 heterocycles. The van der Waals surface area contributed by atoms with Gasteiger partial charge in [-0.2, -0.15) is 0 Å². The second-order valence-corrected chi connectivity index (χ2v) is 5.85. The van der Waals surface area contributed by atoms with Crippen LogP contribution in [0.25, 0.3) is 0 Å². The smallest absolute Gasteiger partial charge is 0.121 e. The Kier molecular flexibility index (Phi) is 14.4. The van der Waals surface area contributed by atoms with Crippen molar-refractivity contribution in [3.8, 4) is 0 Å². The minimum absolute atomic E-state index is 0.127. The van der Waals surface area contributed by atoms with Crippen molar-refractivity contribution in [2.75, 3.05) is 13.2 Å². The largest absolute Gasteiger partial charge is 0.411 e. The predicted octanol–water partition coefficient (Wildman–Crippen LogP) is 1.05. The molecule has 4 atom stereocenters. The van der Waals surface area contributed by atoms with Crippen molar-refractivity contribution in [1.29, 1.82) is 0 Å². The first-order valence-electron chi connectivity index (χ1n) is 8.52. The van der Waals surface area contributed by atoms with Crippen LogP contribution in [0.4, 0.5) is 0 Å². The molecule has 0 unspecified atom stereocenters. The van der Waals surface area contributed by atoms with Gasteiger partial charge in [0.15, 0.2) is 0 Å². The molecule has 5 N–H and O–H groups in total. The molecule has 0 saturated heterocycles. The summed E-state index contributed by atoms with van der Waals surface area (Å²) in [6.07, 6.45) is 4.05. The van der Waals surface area contributed by atoms with Gasteiger partial charge < -0.3 is 30.4 Å². The molecule has 0 aliphatic heterocycles. The lowest BCUT2D eigenvalue weighted by molar-refractivity contribution is -0.109. The van der Waals surface area contributed by atoms with Gasteiger partial charge in [-0.3, -0.25) is 0 Å². The minimum Gasteiger partial charge on any atom is -0.411 e. The molecular weight excluding hydrogens is 302 g/mol. The number of hydrogen-bond acceptors (Lipinski definition) is 7. The van der Waals surface area contributed by atoms with E-state index in [9.17, 15) is 20.4 Å². The third-order valence-corrected chi connectivity index (χ3v) is 3.74. The van der Waals surface area contributed by atoms with E-state index in [0.717, 1.165) is 12.8 Å². The zero-order chi connectivity index (χ0) is 17.5. The van der Waals surface area contributed by atoms with Crippen LogP contribution in [0.15, 0.2) is 5.16 Å².